The highest BCUT2D eigenvalue weighted by Crippen LogP contribution is 2.12. The van der Waals surface area contributed by atoms with Crippen molar-refractivity contribution in [2.24, 2.45) is 0 Å². The fourth-order valence-electron chi connectivity index (χ4n) is 0.978. The van der Waals surface area contributed by atoms with Crippen LogP contribution in [0.15, 0.2) is 0 Å². The zero-order valence-corrected chi connectivity index (χ0v) is 13.9. The Morgan fingerprint density at radius 3 is 1.36 bits per heavy atom. The lowest BCUT2D eigenvalue weighted by molar-refractivity contribution is 0.296. The molecule has 0 aromatic rings. The van der Waals surface area contributed by atoms with Crippen LogP contribution in [-0.2, 0) is 4.12 Å². The summed E-state index contributed by atoms with van der Waals surface area (Å²) in [6, 6.07) is 0. The van der Waals surface area contributed by atoms with Gasteiger partial charge in [-0.05, 0) is 45.7 Å². The third-order valence-electron chi connectivity index (χ3n) is 0.904. The molecule has 0 fully saturated rings. The summed E-state index contributed by atoms with van der Waals surface area (Å²) in [5, 5.41) is 8.94. The van der Waals surface area contributed by atoms with E-state index in [1.165, 1.54) is 0 Å². The van der Waals surface area contributed by atoms with Crippen LogP contribution < -0.4 is 0 Å². The zero-order valence-electron chi connectivity index (χ0n) is 10.4. The van der Waals surface area contributed by atoms with E-state index in [-0.39, 0.29) is 0 Å². The first-order chi connectivity index (χ1) is 6.12. The van der Waals surface area contributed by atoms with Gasteiger partial charge in [0.2, 0.25) is 0 Å². The molecule has 1 N–H and O–H groups in total. The van der Waals surface area contributed by atoms with Gasteiger partial charge in [0.1, 0.15) is 0 Å². The van der Waals surface area contributed by atoms with Crippen molar-refractivity contribution in [1.82, 2.24) is 0 Å². The van der Waals surface area contributed by atoms with Gasteiger partial charge < -0.3 is 9.22 Å². The Bertz CT molecular complexity index is 116. The molecule has 2 nitrogen and oxygen atoms in total. The molecule has 0 aromatic heterocycles. The lowest BCUT2D eigenvalue weighted by Crippen LogP contribution is -2.39. The van der Waals surface area contributed by atoms with Crippen LogP contribution in [0, 0.1) is 0 Å². The number of hydrogen-bond donors (Lipinski definition) is 1. The summed E-state index contributed by atoms with van der Waals surface area (Å²) in [6.45, 7) is 13.7. The minimum Gasteiger partial charge on any atom is -0.456 e. The largest absolute Gasteiger partial charge is 0.456 e. The summed E-state index contributed by atoms with van der Waals surface area (Å²) < 4.78 is 5.90. The topological polar surface area (TPSA) is 29.5 Å². The summed E-state index contributed by atoms with van der Waals surface area (Å²) in [7, 11) is -2.46. The van der Waals surface area contributed by atoms with Gasteiger partial charge in [-0.15, -0.1) is 0 Å². The van der Waals surface area contributed by atoms with Crippen LogP contribution in [0.3, 0.4) is 0 Å². The fraction of sp³-hybridized carbons (Fsp3) is 1.00. The highest BCUT2D eigenvalue weighted by molar-refractivity contribution is 9.09. The molecule has 0 bridgehead atoms. The van der Waals surface area contributed by atoms with E-state index in [4.69, 9.17) is 9.22 Å². The molecule has 0 aliphatic rings. The van der Waals surface area contributed by atoms with Crippen molar-refractivity contribution in [1.29, 1.82) is 0 Å². The Hall–Kier alpha value is 0.834. The van der Waals surface area contributed by atoms with E-state index in [0.717, 1.165) is 11.8 Å². The molecule has 5 heteroatoms. The Kier molecular flexibility index (Phi) is 9.90. The van der Waals surface area contributed by atoms with Crippen molar-refractivity contribution in [2.45, 2.75) is 45.7 Å². The van der Waals surface area contributed by atoms with Crippen molar-refractivity contribution in [3.8, 4) is 0 Å². The summed E-state index contributed by atoms with van der Waals surface area (Å²) in [4.78, 5) is 0. The van der Waals surface area contributed by atoms with Gasteiger partial charge in [-0.3, -0.25) is 0 Å². The van der Waals surface area contributed by atoms with Gasteiger partial charge in [0.15, 0.2) is 16.6 Å². The molecule has 88 valence electrons. The van der Waals surface area contributed by atoms with Gasteiger partial charge in [0, 0.05) is 11.9 Å². The fourth-order valence-corrected chi connectivity index (χ4v) is 8.58. The summed E-state index contributed by atoms with van der Waals surface area (Å²) in [6.07, 6.45) is 0.861. The Labute approximate surface area is 99.4 Å². The maximum Gasteiger partial charge on any atom is 0.170 e. The molecule has 0 aliphatic heterocycles. The van der Waals surface area contributed by atoms with Crippen LogP contribution >= 0.6 is 15.9 Å². The van der Waals surface area contributed by atoms with Crippen LogP contribution in [0.4, 0.5) is 0 Å². The van der Waals surface area contributed by atoms with Crippen LogP contribution in [0.25, 0.3) is 0 Å². The molecule has 0 amide bonds. The molecule has 0 heterocycles. The number of alkyl halides is 1. The second-order valence-electron chi connectivity index (χ2n) is 5.09. The van der Waals surface area contributed by atoms with Crippen LogP contribution in [0.5, 0.6) is 0 Å². The van der Waals surface area contributed by atoms with Crippen LogP contribution in [0.1, 0.15) is 6.42 Å². The molecule has 0 aliphatic carbocycles. The number of aliphatic hydroxyl groups is 1. The van der Waals surface area contributed by atoms with Crippen molar-refractivity contribution >= 4 is 32.6 Å². The van der Waals surface area contributed by atoms with Gasteiger partial charge in [-0.2, -0.15) is 0 Å². The third-order valence-corrected chi connectivity index (χ3v) is 6.36. The molecular weight excluding hydrogens is 276 g/mol. The summed E-state index contributed by atoms with van der Waals surface area (Å²) in [5.74, 6) is 0. The number of halogens is 1. The maximum absolute atomic E-state index is 8.04. The molecule has 0 radical (unpaired) electrons. The van der Waals surface area contributed by atoms with Gasteiger partial charge >= 0.3 is 0 Å². The van der Waals surface area contributed by atoms with Crippen molar-refractivity contribution < 1.29 is 9.22 Å². The van der Waals surface area contributed by atoms with Crippen molar-refractivity contribution in [2.75, 3.05) is 11.9 Å². The summed E-state index contributed by atoms with van der Waals surface area (Å²) >= 11 is 3.15. The molecule has 0 atom stereocenters. The predicted molar refractivity (Wildman–Crippen MR) is 73.3 cm³/mol. The standard InChI is InChI=1S/C6H18OSi2.C3H7BrO/c1-8(2,3)7-9(4,5)6;4-2-1-3-5/h1-6H3;5H,1-3H2. The number of hydrogen-bond acceptors (Lipinski definition) is 2. The predicted octanol–water partition coefficient (Wildman–Crippen LogP) is 3.44. The molecule has 0 spiro atoms. The maximum atomic E-state index is 8.04. The Morgan fingerprint density at radius 2 is 1.36 bits per heavy atom. The van der Waals surface area contributed by atoms with Gasteiger partial charge in [-0.1, -0.05) is 15.9 Å². The van der Waals surface area contributed by atoms with E-state index in [0.29, 0.717) is 6.61 Å². The lowest BCUT2D eigenvalue weighted by Gasteiger charge is -2.27. The lowest BCUT2D eigenvalue weighted by atomic mass is 10.5. The minimum absolute atomic E-state index is 0.297. The molecule has 14 heavy (non-hydrogen) atoms. The number of aliphatic hydroxyl groups excluding tert-OH is 1. The van der Waals surface area contributed by atoms with Gasteiger partial charge in [0.25, 0.3) is 0 Å². The van der Waals surface area contributed by atoms with E-state index in [9.17, 15) is 0 Å². The second-order valence-corrected chi connectivity index (χ2v) is 15.2. The van der Waals surface area contributed by atoms with E-state index >= 15 is 0 Å². The Morgan fingerprint density at radius 1 is 1.00 bits per heavy atom. The first kappa shape index (κ1) is 17.2. The van der Waals surface area contributed by atoms with Crippen LogP contribution in [0.2, 0.25) is 39.3 Å². The van der Waals surface area contributed by atoms with Gasteiger partial charge in [0.05, 0.1) is 0 Å². The van der Waals surface area contributed by atoms with E-state index < -0.39 is 16.6 Å². The van der Waals surface area contributed by atoms with Gasteiger partial charge in [-0.25, -0.2) is 0 Å². The molecule has 0 saturated heterocycles. The third kappa shape index (κ3) is 23.0. The molecule has 0 aromatic carbocycles. The molecule has 0 rings (SSSR count). The molecular formula is C9H25BrO2Si2. The Balaban J connectivity index is 0. The summed E-state index contributed by atoms with van der Waals surface area (Å²) in [5.41, 5.74) is 0. The molecule has 0 unspecified atom stereocenters. The monoisotopic (exact) mass is 300 g/mol. The zero-order chi connectivity index (χ0) is 11.8. The van der Waals surface area contributed by atoms with E-state index in [2.05, 4.69) is 55.2 Å². The normalized spacial score (nSPS) is 12.0. The SMILES string of the molecule is C[Si](C)(C)O[Si](C)(C)C.OCCCBr. The van der Waals surface area contributed by atoms with Crippen LogP contribution in [-0.4, -0.2) is 33.7 Å². The first-order valence-electron chi connectivity index (χ1n) is 4.99. The highest BCUT2D eigenvalue weighted by Gasteiger charge is 2.24. The van der Waals surface area contributed by atoms with E-state index in [1.807, 2.05) is 0 Å². The number of rotatable bonds is 4. The minimum atomic E-state index is -1.23. The quantitative estimate of drug-likeness (QED) is 0.637. The smallest absolute Gasteiger partial charge is 0.170 e. The van der Waals surface area contributed by atoms with E-state index in [1.54, 1.807) is 0 Å². The first-order valence-corrected chi connectivity index (χ1v) is 12.9. The average Bonchev–Trinajstić information content (AvgIpc) is 1.81. The van der Waals surface area contributed by atoms with Crippen molar-refractivity contribution in [3.05, 3.63) is 0 Å². The molecule has 0 saturated carbocycles. The second kappa shape index (κ2) is 8.04. The highest BCUT2D eigenvalue weighted by atomic mass is 79.9. The van der Waals surface area contributed by atoms with Crippen molar-refractivity contribution in [3.63, 3.8) is 0 Å². The average molecular weight is 301 g/mol.